The van der Waals surface area contributed by atoms with E-state index in [9.17, 15) is 4.79 Å². The summed E-state index contributed by atoms with van der Waals surface area (Å²) in [6, 6.07) is 7.71. The Balaban J connectivity index is 2.47. The lowest BCUT2D eigenvalue weighted by atomic mass is 10.2. The van der Waals surface area contributed by atoms with Crippen LogP contribution in [0.4, 0.5) is 0 Å². The van der Waals surface area contributed by atoms with Crippen molar-refractivity contribution in [2.45, 2.75) is 29.9 Å². The average molecular weight is 254 g/mol. The van der Waals surface area contributed by atoms with Gasteiger partial charge in [0.25, 0.3) is 0 Å². The summed E-state index contributed by atoms with van der Waals surface area (Å²) in [5.41, 5.74) is 0.839. The fourth-order valence-corrected chi connectivity index (χ4v) is 2.41. The van der Waals surface area contributed by atoms with Gasteiger partial charge in [0.15, 0.2) is 0 Å². The number of hydrogen-bond acceptors (Lipinski definition) is 3. The normalized spacial score (nSPS) is 12.4. The Hall–Kier alpha value is -1.00. The minimum absolute atomic E-state index is 0.0875. The zero-order valence-corrected chi connectivity index (χ0v) is 11.0. The van der Waals surface area contributed by atoms with E-state index in [2.05, 4.69) is 6.92 Å². The van der Waals surface area contributed by atoms with Crippen LogP contribution in [0.5, 0.6) is 0 Å². The molecule has 0 amide bonds. The highest BCUT2D eigenvalue weighted by Crippen LogP contribution is 2.25. The van der Waals surface area contributed by atoms with E-state index >= 15 is 0 Å². The van der Waals surface area contributed by atoms with E-state index in [-0.39, 0.29) is 6.42 Å². The van der Waals surface area contributed by atoms with Crippen molar-refractivity contribution >= 4 is 17.7 Å². The predicted octanol–water partition coefficient (Wildman–Crippen LogP) is 2.83. The van der Waals surface area contributed by atoms with Crippen LogP contribution in [0, 0.1) is 0 Å². The maximum atomic E-state index is 10.5. The van der Waals surface area contributed by atoms with Crippen molar-refractivity contribution in [3.8, 4) is 0 Å². The van der Waals surface area contributed by atoms with Crippen LogP contribution in [0.1, 0.15) is 18.9 Å². The smallest absolute Gasteiger partial charge is 0.307 e. The highest BCUT2D eigenvalue weighted by Gasteiger charge is 2.05. The third-order valence-corrected chi connectivity index (χ3v) is 3.53. The number of thioether (sulfide) groups is 1. The molecule has 1 N–H and O–H groups in total. The number of carboxylic acid groups (broad SMARTS) is 1. The van der Waals surface area contributed by atoms with E-state index in [1.54, 1.807) is 18.9 Å². The highest BCUT2D eigenvalue weighted by atomic mass is 32.2. The quantitative estimate of drug-likeness (QED) is 0.760. The van der Waals surface area contributed by atoms with Crippen molar-refractivity contribution in [3.63, 3.8) is 0 Å². The Morgan fingerprint density at radius 1 is 1.41 bits per heavy atom. The maximum Gasteiger partial charge on any atom is 0.307 e. The Labute approximate surface area is 106 Å². The minimum atomic E-state index is -0.793. The monoisotopic (exact) mass is 254 g/mol. The molecule has 1 unspecified atom stereocenters. The minimum Gasteiger partial charge on any atom is -0.481 e. The van der Waals surface area contributed by atoms with Gasteiger partial charge < -0.3 is 9.84 Å². The van der Waals surface area contributed by atoms with Gasteiger partial charge in [-0.1, -0.05) is 19.1 Å². The molecule has 1 aromatic rings. The largest absolute Gasteiger partial charge is 0.481 e. The van der Waals surface area contributed by atoms with Crippen LogP contribution in [-0.2, 0) is 16.0 Å². The van der Waals surface area contributed by atoms with Crippen LogP contribution < -0.4 is 0 Å². The van der Waals surface area contributed by atoms with Crippen LogP contribution in [0.25, 0.3) is 0 Å². The SMILES string of the molecule is COCCC(C)Sc1ccc(CC(=O)O)cc1. The van der Waals surface area contributed by atoms with Crippen molar-refractivity contribution in [2.24, 2.45) is 0 Å². The molecule has 0 aliphatic rings. The highest BCUT2D eigenvalue weighted by molar-refractivity contribution is 7.99. The van der Waals surface area contributed by atoms with Crippen LogP contribution in [-0.4, -0.2) is 30.0 Å². The standard InChI is InChI=1S/C13H18O3S/c1-10(7-8-16-2)17-12-5-3-11(4-6-12)9-13(14)15/h3-6,10H,7-9H2,1-2H3,(H,14,15). The number of hydrogen-bond donors (Lipinski definition) is 1. The third-order valence-electron chi connectivity index (χ3n) is 2.34. The van der Waals surface area contributed by atoms with Crippen LogP contribution >= 0.6 is 11.8 Å². The van der Waals surface area contributed by atoms with E-state index in [1.807, 2.05) is 24.3 Å². The molecule has 1 atom stereocenters. The van der Waals surface area contributed by atoms with Gasteiger partial charge in [0, 0.05) is 23.9 Å². The average Bonchev–Trinajstić information content (AvgIpc) is 2.28. The number of aliphatic carboxylic acids is 1. The van der Waals surface area contributed by atoms with Crippen molar-refractivity contribution in [1.82, 2.24) is 0 Å². The molecule has 94 valence electrons. The summed E-state index contributed by atoms with van der Waals surface area (Å²) in [6.07, 6.45) is 1.10. The Morgan fingerprint density at radius 2 is 2.06 bits per heavy atom. The van der Waals surface area contributed by atoms with E-state index in [1.165, 1.54) is 4.90 Å². The zero-order valence-electron chi connectivity index (χ0n) is 10.2. The second kappa shape index (κ2) is 7.35. The summed E-state index contributed by atoms with van der Waals surface area (Å²) in [5, 5.41) is 9.16. The Kier molecular flexibility index (Phi) is 6.08. The zero-order chi connectivity index (χ0) is 12.7. The lowest BCUT2D eigenvalue weighted by Crippen LogP contribution is -2.01. The lowest BCUT2D eigenvalue weighted by Gasteiger charge is -2.10. The molecule has 0 aromatic heterocycles. The predicted molar refractivity (Wildman–Crippen MR) is 69.6 cm³/mol. The number of rotatable bonds is 7. The van der Waals surface area contributed by atoms with Gasteiger partial charge in [-0.2, -0.15) is 0 Å². The molecule has 0 radical (unpaired) electrons. The molecule has 0 fully saturated rings. The number of ether oxygens (including phenoxy) is 1. The second-order valence-corrected chi connectivity index (χ2v) is 5.44. The summed E-state index contributed by atoms with van der Waals surface area (Å²) < 4.78 is 5.03. The first-order valence-electron chi connectivity index (χ1n) is 5.58. The third kappa shape index (κ3) is 5.75. The number of methoxy groups -OCH3 is 1. The van der Waals surface area contributed by atoms with E-state index in [4.69, 9.17) is 9.84 Å². The molecule has 0 aliphatic heterocycles. The van der Waals surface area contributed by atoms with Crippen molar-refractivity contribution < 1.29 is 14.6 Å². The van der Waals surface area contributed by atoms with Gasteiger partial charge in [0.05, 0.1) is 6.42 Å². The Bertz CT molecular complexity index is 348. The number of carboxylic acids is 1. The maximum absolute atomic E-state index is 10.5. The van der Waals surface area contributed by atoms with Crippen LogP contribution in [0.2, 0.25) is 0 Å². The molecule has 0 heterocycles. The molecule has 0 aliphatic carbocycles. The number of carbonyl (C=O) groups is 1. The molecule has 3 nitrogen and oxygen atoms in total. The molecule has 0 saturated carbocycles. The summed E-state index contributed by atoms with van der Waals surface area (Å²) >= 11 is 1.78. The summed E-state index contributed by atoms with van der Waals surface area (Å²) in [4.78, 5) is 11.7. The molecule has 0 bridgehead atoms. The summed E-state index contributed by atoms with van der Waals surface area (Å²) in [6.45, 7) is 2.93. The fourth-order valence-electron chi connectivity index (χ4n) is 1.44. The lowest BCUT2D eigenvalue weighted by molar-refractivity contribution is -0.136. The van der Waals surface area contributed by atoms with Crippen molar-refractivity contribution in [1.29, 1.82) is 0 Å². The van der Waals surface area contributed by atoms with Gasteiger partial charge in [0.1, 0.15) is 0 Å². The Morgan fingerprint density at radius 3 is 2.59 bits per heavy atom. The van der Waals surface area contributed by atoms with Crippen LogP contribution in [0.15, 0.2) is 29.2 Å². The van der Waals surface area contributed by atoms with E-state index < -0.39 is 5.97 Å². The molecule has 0 saturated heterocycles. The summed E-state index contributed by atoms with van der Waals surface area (Å²) in [5.74, 6) is -0.793. The molecule has 1 rings (SSSR count). The van der Waals surface area contributed by atoms with Gasteiger partial charge in [-0.3, -0.25) is 4.79 Å². The van der Waals surface area contributed by atoms with Gasteiger partial charge in [0.2, 0.25) is 0 Å². The van der Waals surface area contributed by atoms with Gasteiger partial charge in [-0.25, -0.2) is 0 Å². The van der Waals surface area contributed by atoms with E-state index in [0.29, 0.717) is 5.25 Å². The fraction of sp³-hybridized carbons (Fsp3) is 0.462. The first-order valence-corrected chi connectivity index (χ1v) is 6.46. The van der Waals surface area contributed by atoms with Gasteiger partial charge in [-0.05, 0) is 24.1 Å². The first-order chi connectivity index (χ1) is 8.11. The molecule has 4 heteroatoms. The molecular formula is C13H18O3S. The van der Waals surface area contributed by atoms with Crippen LogP contribution in [0.3, 0.4) is 0 Å². The number of benzene rings is 1. The van der Waals surface area contributed by atoms with Gasteiger partial charge >= 0.3 is 5.97 Å². The molecular weight excluding hydrogens is 236 g/mol. The topological polar surface area (TPSA) is 46.5 Å². The van der Waals surface area contributed by atoms with E-state index in [0.717, 1.165) is 18.6 Å². The molecule has 17 heavy (non-hydrogen) atoms. The van der Waals surface area contributed by atoms with Gasteiger partial charge in [-0.15, -0.1) is 11.8 Å². The first kappa shape index (κ1) is 14.1. The molecule has 0 spiro atoms. The summed E-state index contributed by atoms with van der Waals surface area (Å²) in [7, 11) is 1.71. The second-order valence-electron chi connectivity index (χ2n) is 3.92. The molecule has 1 aromatic carbocycles. The van der Waals surface area contributed by atoms with Crippen molar-refractivity contribution in [2.75, 3.05) is 13.7 Å². The van der Waals surface area contributed by atoms with Crippen molar-refractivity contribution in [3.05, 3.63) is 29.8 Å².